The van der Waals surface area contributed by atoms with E-state index in [1.165, 1.54) is 31.4 Å². The number of thiol groups is 1. The van der Waals surface area contributed by atoms with Gasteiger partial charge in [0.2, 0.25) is 0 Å². The van der Waals surface area contributed by atoms with Gasteiger partial charge >= 0.3 is 0 Å². The molecule has 0 aromatic heterocycles. The largest absolute Gasteiger partial charge is 0.386 e. The van der Waals surface area contributed by atoms with Crippen LogP contribution >= 0.6 is 23.1 Å². The summed E-state index contributed by atoms with van der Waals surface area (Å²) in [4.78, 5) is 0. The number of nitrogens with two attached hydrogens (primary N) is 1. The molecule has 3 heteroatoms. The van der Waals surface area contributed by atoms with Gasteiger partial charge in [-0.25, -0.2) is 10.9 Å². The third kappa shape index (κ3) is 6.63. The van der Waals surface area contributed by atoms with E-state index in [1.54, 1.807) is 0 Å². The van der Waals surface area contributed by atoms with E-state index in [2.05, 4.69) is 13.2 Å². The average Bonchev–Trinajstić information content (AvgIpc) is 1.97. The van der Waals surface area contributed by atoms with E-state index in [-0.39, 0.29) is 10.9 Å². The fourth-order valence-electron chi connectivity index (χ4n) is 0.886. The molecule has 0 heterocycles. The van der Waals surface area contributed by atoms with Crippen molar-refractivity contribution < 1.29 is 0 Å². The van der Waals surface area contributed by atoms with Gasteiger partial charge in [0.25, 0.3) is 0 Å². The lowest BCUT2D eigenvalue weighted by Gasteiger charge is -2.12. The van der Waals surface area contributed by atoms with E-state index in [0.29, 0.717) is 0 Å². The second kappa shape index (κ2) is 6.92. The molecule has 1 atom stereocenters. The maximum absolute atomic E-state index is 5.51. The average molecular weight is 193 g/mol. The molecule has 0 aromatic carbocycles. The summed E-state index contributed by atoms with van der Waals surface area (Å²) in [6.07, 6.45) is 7.46. The maximum atomic E-state index is 5.51. The molecule has 0 bridgehead atoms. The topological polar surface area (TPSA) is 26.0 Å². The van der Waals surface area contributed by atoms with E-state index >= 15 is 0 Å². The zero-order valence-electron chi connectivity index (χ0n) is 7.47. The van der Waals surface area contributed by atoms with Crippen molar-refractivity contribution in [3.63, 3.8) is 0 Å². The van der Waals surface area contributed by atoms with E-state index in [1.807, 2.05) is 0 Å². The maximum Gasteiger partial charge on any atom is 0.111 e. The second-order valence-electron chi connectivity index (χ2n) is 2.82. The second-order valence-corrected chi connectivity index (χ2v) is 5.89. The van der Waals surface area contributed by atoms with Crippen LogP contribution in [0.15, 0.2) is 0 Å². The van der Waals surface area contributed by atoms with Crippen LogP contribution in [0.25, 0.3) is 0 Å². The monoisotopic (exact) mass is 193 g/mol. The van der Waals surface area contributed by atoms with Crippen molar-refractivity contribution in [2.75, 3.05) is 12.0 Å². The first-order chi connectivity index (χ1) is 5.18. The van der Waals surface area contributed by atoms with Gasteiger partial charge in [-0.2, -0.15) is 0 Å². The van der Waals surface area contributed by atoms with E-state index < -0.39 is 0 Å². The van der Waals surface area contributed by atoms with Crippen LogP contribution in [0.2, 0.25) is 0 Å². The normalized spacial score (nSPS) is 14.5. The number of rotatable bonds is 5. The van der Waals surface area contributed by atoms with Crippen LogP contribution in [0.1, 0.15) is 32.6 Å². The van der Waals surface area contributed by atoms with Gasteiger partial charge in [0.05, 0.1) is 0 Å². The number of thiocarbonyl (C=S) groups is 1. The minimum absolute atomic E-state index is 0.147. The Labute approximate surface area is 78.1 Å². The molecule has 0 amide bonds. The standard InChI is InChI=1S/C8H19NS2/c1-3-4-5-6-7-11(2)8(9)10/h11H,3-7H2,1-2H3,(H2,9,10). The first-order valence-corrected chi connectivity index (χ1v) is 6.57. The van der Waals surface area contributed by atoms with Gasteiger partial charge in [-0.05, 0) is 18.4 Å². The van der Waals surface area contributed by atoms with Crippen molar-refractivity contribution in [2.45, 2.75) is 32.6 Å². The number of hydrogen-bond acceptors (Lipinski definition) is 1. The molecule has 68 valence electrons. The van der Waals surface area contributed by atoms with Gasteiger partial charge in [-0.3, -0.25) is 0 Å². The number of unbranched alkanes of at least 4 members (excludes halogenated alkanes) is 3. The Morgan fingerprint density at radius 2 is 2.00 bits per heavy atom. The van der Waals surface area contributed by atoms with Crippen molar-refractivity contribution in [3.05, 3.63) is 0 Å². The SMILES string of the molecule is CCCCCC[SH](C)C(N)=S. The Morgan fingerprint density at radius 1 is 1.36 bits per heavy atom. The lowest BCUT2D eigenvalue weighted by atomic mass is 10.2. The molecule has 1 nitrogen and oxygen atoms in total. The van der Waals surface area contributed by atoms with E-state index in [0.717, 1.165) is 4.32 Å². The first-order valence-electron chi connectivity index (χ1n) is 4.19. The van der Waals surface area contributed by atoms with Crippen LogP contribution in [0.5, 0.6) is 0 Å². The van der Waals surface area contributed by atoms with E-state index in [9.17, 15) is 0 Å². The highest BCUT2D eigenvalue weighted by molar-refractivity contribution is 8.35. The molecule has 0 aromatic rings. The van der Waals surface area contributed by atoms with Gasteiger partial charge in [0.15, 0.2) is 0 Å². The molecule has 1 unspecified atom stereocenters. The van der Waals surface area contributed by atoms with Crippen LogP contribution in [0, 0.1) is 0 Å². The fraction of sp³-hybridized carbons (Fsp3) is 0.875. The Bertz CT molecular complexity index is 115. The first kappa shape index (κ1) is 11.2. The zero-order chi connectivity index (χ0) is 8.69. The smallest absolute Gasteiger partial charge is 0.111 e. The van der Waals surface area contributed by atoms with Gasteiger partial charge in [-0.15, -0.1) is 0 Å². The summed E-state index contributed by atoms with van der Waals surface area (Å²) >= 11 is 4.90. The molecule has 0 rings (SSSR count). The summed E-state index contributed by atoms with van der Waals surface area (Å²) in [7, 11) is -0.147. The molecule has 2 N–H and O–H groups in total. The number of hydrogen-bond donors (Lipinski definition) is 2. The molecular formula is C8H19NS2. The summed E-state index contributed by atoms with van der Waals surface area (Å²) in [5.74, 6) is 1.23. The molecule has 0 aliphatic rings. The summed E-state index contributed by atoms with van der Waals surface area (Å²) in [5.41, 5.74) is 5.51. The quantitative estimate of drug-likeness (QED) is 0.398. The summed E-state index contributed by atoms with van der Waals surface area (Å²) in [6.45, 7) is 2.22. The summed E-state index contributed by atoms with van der Waals surface area (Å²) in [6, 6.07) is 0. The Hall–Kier alpha value is 0.240. The minimum Gasteiger partial charge on any atom is -0.386 e. The van der Waals surface area contributed by atoms with Crippen molar-refractivity contribution in [2.24, 2.45) is 5.73 Å². The Balaban J connectivity index is 3.17. The van der Waals surface area contributed by atoms with Gasteiger partial charge in [-0.1, -0.05) is 38.4 Å². The lowest BCUT2D eigenvalue weighted by molar-refractivity contribution is 0.706. The molecular weight excluding hydrogens is 174 g/mol. The van der Waals surface area contributed by atoms with Crippen LogP contribution in [-0.4, -0.2) is 16.3 Å². The predicted molar refractivity (Wildman–Crippen MR) is 60.7 cm³/mol. The molecule has 0 spiro atoms. The lowest BCUT2D eigenvalue weighted by Crippen LogP contribution is -2.09. The van der Waals surface area contributed by atoms with Crippen LogP contribution in [0.3, 0.4) is 0 Å². The van der Waals surface area contributed by atoms with Crippen molar-refractivity contribution >= 4 is 27.4 Å². The minimum atomic E-state index is -0.147. The third-order valence-corrected chi connectivity index (χ3v) is 4.40. The fourth-order valence-corrected chi connectivity index (χ4v) is 2.08. The van der Waals surface area contributed by atoms with Crippen molar-refractivity contribution in [1.82, 2.24) is 0 Å². The van der Waals surface area contributed by atoms with Gasteiger partial charge in [0.1, 0.15) is 4.32 Å². The molecule has 0 aliphatic carbocycles. The molecule has 0 saturated carbocycles. The molecule has 0 saturated heterocycles. The zero-order valence-corrected chi connectivity index (χ0v) is 9.18. The highest BCUT2D eigenvalue weighted by Gasteiger charge is 1.98. The highest BCUT2D eigenvalue weighted by atomic mass is 32.2. The van der Waals surface area contributed by atoms with Gasteiger partial charge in [0, 0.05) is 0 Å². The molecule has 0 fully saturated rings. The van der Waals surface area contributed by atoms with Crippen molar-refractivity contribution in [3.8, 4) is 0 Å². The third-order valence-electron chi connectivity index (χ3n) is 1.72. The molecule has 11 heavy (non-hydrogen) atoms. The predicted octanol–water partition coefficient (Wildman–Crippen LogP) is 2.44. The molecule has 0 radical (unpaired) electrons. The van der Waals surface area contributed by atoms with E-state index in [4.69, 9.17) is 18.0 Å². The highest BCUT2D eigenvalue weighted by Crippen LogP contribution is 2.21. The van der Waals surface area contributed by atoms with Crippen LogP contribution < -0.4 is 5.73 Å². The molecule has 0 aliphatic heterocycles. The van der Waals surface area contributed by atoms with Gasteiger partial charge < -0.3 is 5.73 Å². The van der Waals surface area contributed by atoms with Crippen molar-refractivity contribution in [1.29, 1.82) is 0 Å². The Morgan fingerprint density at radius 3 is 2.45 bits per heavy atom. The summed E-state index contributed by atoms with van der Waals surface area (Å²) < 4.78 is 0.733. The summed E-state index contributed by atoms with van der Waals surface area (Å²) in [5, 5.41) is 0. The van der Waals surface area contributed by atoms with Crippen LogP contribution in [-0.2, 0) is 0 Å². The van der Waals surface area contributed by atoms with Crippen LogP contribution in [0.4, 0.5) is 0 Å². The Kier molecular flexibility index (Phi) is 7.07.